The van der Waals surface area contributed by atoms with Gasteiger partial charge in [0.2, 0.25) is 0 Å². The van der Waals surface area contributed by atoms with Crippen LogP contribution in [0.5, 0.6) is 0 Å². The molecule has 0 amide bonds. The Morgan fingerprint density at radius 1 is 1.53 bits per heavy atom. The van der Waals surface area contributed by atoms with Crippen LogP contribution >= 0.6 is 0 Å². The van der Waals surface area contributed by atoms with Crippen molar-refractivity contribution >= 4 is 0 Å². The van der Waals surface area contributed by atoms with E-state index >= 15 is 0 Å². The van der Waals surface area contributed by atoms with E-state index in [-0.39, 0.29) is 0 Å². The van der Waals surface area contributed by atoms with Crippen LogP contribution in [0.15, 0.2) is 18.5 Å². The van der Waals surface area contributed by atoms with Crippen molar-refractivity contribution in [2.24, 2.45) is 0 Å². The predicted molar refractivity (Wildman–Crippen MR) is 68.9 cm³/mol. The average Bonchev–Trinajstić information content (AvgIpc) is 2.84. The molecule has 3 nitrogen and oxygen atoms in total. The molecule has 2 rings (SSSR count). The number of hydrogen-bond acceptors (Lipinski definition) is 3. The van der Waals surface area contributed by atoms with E-state index in [0.29, 0.717) is 6.10 Å². The fourth-order valence-electron chi connectivity index (χ4n) is 2.25. The van der Waals surface area contributed by atoms with Crippen LogP contribution in [-0.4, -0.2) is 24.2 Å². The average molecular weight is 234 g/mol. The molecule has 0 radical (unpaired) electrons. The zero-order chi connectivity index (χ0) is 11.9. The van der Waals surface area contributed by atoms with Gasteiger partial charge in [0.05, 0.1) is 6.10 Å². The lowest BCUT2D eigenvalue weighted by Gasteiger charge is -2.10. The number of ether oxygens (including phenoxy) is 1. The Hall–Kier alpha value is -0.930. The lowest BCUT2D eigenvalue weighted by atomic mass is 10.1. The van der Waals surface area contributed by atoms with Crippen LogP contribution in [0.2, 0.25) is 0 Å². The molecule has 3 heteroatoms. The molecule has 2 heterocycles. The van der Waals surface area contributed by atoms with Gasteiger partial charge in [0.25, 0.3) is 0 Å². The summed E-state index contributed by atoms with van der Waals surface area (Å²) in [7, 11) is 0. The van der Waals surface area contributed by atoms with Crippen molar-refractivity contribution in [2.75, 3.05) is 13.2 Å². The predicted octanol–water partition coefficient (Wildman–Crippen LogP) is 2.44. The second-order valence-electron chi connectivity index (χ2n) is 4.76. The van der Waals surface area contributed by atoms with Crippen molar-refractivity contribution in [1.29, 1.82) is 0 Å². The van der Waals surface area contributed by atoms with E-state index in [0.717, 1.165) is 19.7 Å². The van der Waals surface area contributed by atoms with E-state index in [1.165, 1.54) is 36.8 Å². The van der Waals surface area contributed by atoms with Crippen LogP contribution in [0.25, 0.3) is 0 Å². The lowest BCUT2D eigenvalue weighted by Crippen LogP contribution is -2.17. The lowest BCUT2D eigenvalue weighted by molar-refractivity contribution is 0.102. The fraction of sp³-hybridized carbons (Fsp3) is 0.643. The van der Waals surface area contributed by atoms with Gasteiger partial charge in [0, 0.05) is 25.5 Å². The molecule has 1 atom stereocenters. The van der Waals surface area contributed by atoms with Crippen LogP contribution in [0.1, 0.15) is 36.8 Å². The molecule has 1 aromatic rings. The standard InChI is InChI=1S/C14H22N2O/c1-12-10-16-8-6-13(12)11-15-7-2-4-14-5-3-9-17-14/h6,8,10,14-15H,2-5,7,9,11H2,1H3. The molecule has 1 saturated heterocycles. The molecule has 0 bridgehead atoms. The molecular formula is C14H22N2O. The van der Waals surface area contributed by atoms with Gasteiger partial charge in [0.15, 0.2) is 0 Å². The molecule has 0 spiro atoms. The largest absolute Gasteiger partial charge is 0.378 e. The van der Waals surface area contributed by atoms with Crippen LogP contribution in [0.4, 0.5) is 0 Å². The maximum atomic E-state index is 5.60. The number of pyridine rings is 1. The highest BCUT2D eigenvalue weighted by molar-refractivity contribution is 5.21. The highest BCUT2D eigenvalue weighted by Gasteiger charge is 2.14. The number of nitrogens with zero attached hydrogens (tertiary/aromatic N) is 1. The second kappa shape index (κ2) is 6.72. The number of aromatic nitrogens is 1. The van der Waals surface area contributed by atoms with Gasteiger partial charge < -0.3 is 10.1 Å². The van der Waals surface area contributed by atoms with Crippen molar-refractivity contribution in [2.45, 2.75) is 45.3 Å². The normalized spacial score (nSPS) is 19.7. The van der Waals surface area contributed by atoms with Gasteiger partial charge in [-0.15, -0.1) is 0 Å². The Balaban J connectivity index is 1.58. The Morgan fingerprint density at radius 3 is 3.24 bits per heavy atom. The Kier molecular flexibility index (Phi) is 4.95. The molecule has 1 aromatic heterocycles. The summed E-state index contributed by atoms with van der Waals surface area (Å²) in [5.74, 6) is 0. The molecule has 17 heavy (non-hydrogen) atoms. The topological polar surface area (TPSA) is 34.2 Å². The molecule has 1 aliphatic rings. The van der Waals surface area contributed by atoms with Crippen LogP contribution < -0.4 is 5.32 Å². The highest BCUT2D eigenvalue weighted by Crippen LogP contribution is 2.16. The maximum absolute atomic E-state index is 5.60. The summed E-state index contributed by atoms with van der Waals surface area (Å²) < 4.78 is 5.60. The third-order valence-electron chi connectivity index (χ3n) is 3.36. The van der Waals surface area contributed by atoms with Crippen LogP contribution in [0, 0.1) is 6.92 Å². The Labute approximate surface area is 104 Å². The number of hydrogen-bond donors (Lipinski definition) is 1. The van der Waals surface area contributed by atoms with Crippen LogP contribution in [-0.2, 0) is 11.3 Å². The zero-order valence-electron chi connectivity index (χ0n) is 10.6. The van der Waals surface area contributed by atoms with E-state index < -0.39 is 0 Å². The van der Waals surface area contributed by atoms with Gasteiger partial charge in [0.1, 0.15) is 0 Å². The van der Waals surface area contributed by atoms with Gasteiger partial charge in [-0.2, -0.15) is 0 Å². The highest BCUT2D eigenvalue weighted by atomic mass is 16.5. The Morgan fingerprint density at radius 2 is 2.47 bits per heavy atom. The number of aryl methyl sites for hydroxylation is 1. The SMILES string of the molecule is Cc1cnccc1CNCCCC1CCCO1. The Bertz CT molecular complexity index is 335. The first-order chi connectivity index (χ1) is 8.36. The van der Waals surface area contributed by atoms with Crippen LogP contribution in [0.3, 0.4) is 0 Å². The third-order valence-corrected chi connectivity index (χ3v) is 3.36. The molecule has 94 valence electrons. The fourth-order valence-corrected chi connectivity index (χ4v) is 2.25. The molecule has 1 N–H and O–H groups in total. The quantitative estimate of drug-likeness (QED) is 0.768. The zero-order valence-corrected chi connectivity index (χ0v) is 10.6. The summed E-state index contributed by atoms with van der Waals surface area (Å²) in [6.45, 7) is 5.09. The van der Waals surface area contributed by atoms with Crippen molar-refractivity contribution in [3.05, 3.63) is 29.6 Å². The van der Waals surface area contributed by atoms with E-state index in [1.807, 2.05) is 12.4 Å². The number of rotatable bonds is 6. The summed E-state index contributed by atoms with van der Waals surface area (Å²) in [4.78, 5) is 4.10. The maximum Gasteiger partial charge on any atom is 0.0576 e. The van der Waals surface area contributed by atoms with E-state index in [9.17, 15) is 0 Å². The first-order valence-corrected chi connectivity index (χ1v) is 6.58. The monoisotopic (exact) mass is 234 g/mol. The minimum atomic E-state index is 0.527. The van der Waals surface area contributed by atoms with Crippen molar-refractivity contribution in [3.63, 3.8) is 0 Å². The minimum Gasteiger partial charge on any atom is -0.378 e. The summed E-state index contributed by atoms with van der Waals surface area (Å²) in [5, 5.41) is 3.48. The molecule has 0 aliphatic carbocycles. The van der Waals surface area contributed by atoms with E-state index in [2.05, 4.69) is 23.3 Å². The molecule has 0 saturated carbocycles. The van der Waals surface area contributed by atoms with E-state index in [4.69, 9.17) is 4.74 Å². The van der Waals surface area contributed by atoms with E-state index in [1.54, 1.807) is 0 Å². The summed E-state index contributed by atoms with van der Waals surface area (Å²) >= 11 is 0. The van der Waals surface area contributed by atoms with Gasteiger partial charge in [-0.3, -0.25) is 4.98 Å². The summed E-state index contributed by atoms with van der Waals surface area (Å²) in [6, 6.07) is 2.09. The number of nitrogens with one attached hydrogen (secondary N) is 1. The van der Waals surface area contributed by atoms with Gasteiger partial charge >= 0.3 is 0 Å². The van der Waals surface area contributed by atoms with Crippen molar-refractivity contribution < 1.29 is 4.74 Å². The van der Waals surface area contributed by atoms with Gasteiger partial charge in [-0.25, -0.2) is 0 Å². The molecule has 1 fully saturated rings. The molecule has 0 aromatic carbocycles. The molecule has 1 aliphatic heterocycles. The smallest absolute Gasteiger partial charge is 0.0576 e. The van der Waals surface area contributed by atoms with Gasteiger partial charge in [-0.05, 0) is 56.3 Å². The van der Waals surface area contributed by atoms with Crippen molar-refractivity contribution in [1.82, 2.24) is 10.3 Å². The second-order valence-corrected chi connectivity index (χ2v) is 4.76. The molecular weight excluding hydrogens is 212 g/mol. The first-order valence-electron chi connectivity index (χ1n) is 6.58. The molecule has 1 unspecified atom stereocenters. The first kappa shape index (κ1) is 12.5. The third kappa shape index (κ3) is 4.10. The summed E-state index contributed by atoms with van der Waals surface area (Å²) in [6.07, 6.45) is 9.20. The van der Waals surface area contributed by atoms with Gasteiger partial charge in [-0.1, -0.05) is 0 Å². The van der Waals surface area contributed by atoms with Crippen molar-refractivity contribution in [3.8, 4) is 0 Å². The summed E-state index contributed by atoms with van der Waals surface area (Å²) in [5.41, 5.74) is 2.61. The minimum absolute atomic E-state index is 0.527.